The molecule has 0 radical (unpaired) electrons. The summed E-state index contributed by atoms with van der Waals surface area (Å²) in [4.78, 5) is 3.78. The van der Waals surface area contributed by atoms with Gasteiger partial charge in [-0.3, -0.25) is 0 Å². The lowest BCUT2D eigenvalue weighted by Gasteiger charge is -2.10. The highest BCUT2D eigenvalue weighted by atomic mass is 35.5. The molecular weight excluding hydrogens is 182 g/mol. The topological polar surface area (TPSA) is 82.9 Å². The summed E-state index contributed by atoms with van der Waals surface area (Å²) < 4.78 is 9.93. The highest BCUT2D eigenvalue weighted by Crippen LogP contribution is 1.93. The maximum atomic E-state index is 5.15. The Kier molecular flexibility index (Phi) is 10.0. The Morgan fingerprint density at radius 2 is 2.08 bits per heavy atom. The zero-order valence-electron chi connectivity index (χ0n) is 7.32. The molecule has 74 valence electrons. The molecule has 0 spiro atoms. The summed E-state index contributed by atoms with van der Waals surface area (Å²) in [7, 11) is 1.56. The van der Waals surface area contributed by atoms with E-state index in [0.29, 0.717) is 13.2 Å². The summed E-state index contributed by atoms with van der Waals surface area (Å²) in [5.74, 6) is 0.0144. The molecule has 0 aliphatic carbocycles. The molecule has 0 aromatic carbocycles. The van der Waals surface area contributed by atoms with Gasteiger partial charge >= 0.3 is 0 Å². The van der Waals surface area contributed by atoms with Crippen LogP contribution >= 0.6 is 12.4 Å². The lowest BCUT2D eigenvalue weighted by molar-refractivity contribution is 0.00971. The van der Waals surface area contributed by atoms with Gasteiger partial charge in [0, 0.05) is 13.7 Å². The number of nitrogens with two attached hydrogens (primary N) is 2. The first-order valence-corrected chi connectivity index (χ1v) is 3.40. The van der Waals surface area contributed by atoms with Crippen molar-refractivity contribution in [2.75, 3.05) is 20.3 Å². The number of halogens is 1. The number of hydrogen-bond donors (Lipinski definition) is 2. The van der Waals surface area contributed by atoms with E-state index in [9.17, 15) is 0 Å². The summed E-state index contributed by atoms with van der Waals surface area (Å²) in [6, 6.07) is 0. The number of guanidine groups is 1. The number of nitrogens with zero attached hydrogens (tertiary/aromatic N) is 1. The van der Waals surface area contributed by atoms with Gasteiger partial charge in [-0.05, 0) is 6.92 Å². The Hall–Kier alpha value is -0.520. The van der Waals surface area contributed by atoms with E-state index in [1.54, 1.807) is 7.11 Å². The third-order valence-corrected chi connectivity index (χ3v) is 0.961. The molecule has 0 amide bonds. The Morgan fingerprint density at radius 1 is 1.50 bits per heavy atom. The van der Waals surface area contributed by atoms with Crippen molar-refractivity contribution >= 4 is 18.4 Å². The zero-order chi connectivity index (χ0) is 8.69. The first kappa shape index (κ1) is 14.0. The zero-order valence-corrected chi connectivity index (χ0v) is 8.13. The molecule has 0 saturated carbocycles. The Balaban J connectivity index is 0. The second-order valence-electron chi connectivity index (χ2n) is 1.92. The number of methoxy groups -OCH3 is 1. The fraction of sp³-hybridized carbons (Fsp3) is 0.833. The molecule has 4 N–H and O–H groups in total. The van der Waals surface area contributed by atoms with Gasteiger partial charge in [-0.1, -0.05) is 0 Å². The molecule has 1 unspecified atom stereocenters. The normalized spacial score (nSPS) is 11.5. The van der Waals surface area contributed by atoms with Gasteiger partial charge in [0.1, 0.15) is 0 Å². The molecule has 0 heterocycles. The number of hydrogen-bond acceptors (Lipinski definition) is 3. The Morgan fingerprint density at radius 3 is 2.42 bits per heavy atom. The summed E-state index contributed by atoms with van der Waals surface area (Å²) in [6.45, 7) is 2.79. The lowest BCUT2D eigenvalue weighted by atomic mass is 10.6. The third-order valence-electron chi connectivity index (χ3n) is 0.961. The van der Waals surface area contributed by atoms with Crippen molar-refractivity contribution in [1.82, 2.24) is 0 Å². The minimum absolute atomic E-state index is 0. The lowest BCUT2D eigenvalue weighted by Crippen LogP contribution is -2.28. The molecule has 0 bridgehead atoms. The quantitative estimate of drug-likeness (QED) is 0.468. The largest absolute Gasteiger partial charge is 0.380 e. The molecule has 0 fully saturated rings. The minimum atomic E-state index is -0.380. The van der Waals surface area contributed by atoms with E-state index in [0.717, 1.165) is 0 Å². The number of rotatable bonds is 5. The molecule has 0 saturated heterocycles. The highest BCUT2D eigenvalue weighted by molar-refractivity contribution is 5.85. The fourth-order valence-corrected chi connectivity index (χ4v) is 0.624. The van der Waals surface area contributed by atoms with Crippen molar-refractivity contribution < 1.29 is 9.47 Å². The predicted molar refractivity (Wildman–Crippen MR) is 50.3 cm³/mol. The van der Waals surface area contributed by atoms with Crippen LogP contribution in [0.15, 0.2) is 4.99 Å². The molecule has 0 rings (SSSR count). The minimum Gasteiger partial charge on any atom is -0.380 e. The molecule has 0 aliphatic heterocycles. The van der Waals surface area contributed by atoms with Gasteiger partial charge in [0.2, 0.25) is 0 Å². The van der Waals surface area contributed by atoms with E-state index in [4.69, 9.17) is 20.9 Å². The van der Waals surface area contributed by atoms with Crippen molar-refractivity contribution in [1.29, 1.82) is 0 Å². The van der Waals surface area contributed by atoms with Crippen LogP contribution in [-0.2, 0) is 9.47 Å². The maximum absolute atomic E-state index is 5.15. The average Bonchev–Trinajstić information content (AvgIpc) is 1.87. The van der Waals surface area contributed by atoms with Gasteiger partial charge in [-0.15, -0.1) is 12.4 Å². The van der Waals surface area contributed by atoms with Gasteiger partial charge in [0.25, 0.3) is 0 Å². The van der Waals surface area contributed by atoms with Crippen molar-refractivity contribution in [3.63, 3.8) is 0 Å². The SMILES string of the molecule is CCOC(COC)N=C(N)N.Cl. The summed E-state index contributed by atoms with van der Waals surface area (Å²) in [5, 5.41) is 0. The molecule has 6 heteroatoms. The van der Waals surface area contributed by atoms with Gasteiger partial charge in [0.15, 0.2) is 12.2 Å². The van der Waals surface area contributed by atoms with Gasteiger partial charge in [-0.2, -0.15) is 0 Å². The van der Waals surface area contributed by atoms with E-state index >= 15 is 0 Å². The molecule has 0 aromatic rings. The monoisotopic (exact) mass is 197 g/mol. The van der Waals surface area contributed by atoms with Crippen LogP contribution in [0.4, 0.5) is 0 Å². The number of aliphatic imine (C=N–C) groups is 1. The van der Waals surface area contributed by atoms with E-state index in [2.05, 4.69) is 4.99 Å². The molecule has 12 heavy (non-hydrogen) atoms. The standard InChI is InChI=1S/C6H15N3O2.ClH/c1-3-11-5(4-10-2)9-6(7)8;/h5H,3-4H2,1-2H3,(H4,7,8,9);1H. The van der Waals surface area contributed by atoms with Crippen molar-refractivity contribution in [2.24, 2.45) is 16.5 Å². The first-order valence-electron chi connectivity index (χ1n) is 3.40. The summed E-state index contributed by atoms with van der Waals surface area (Å²) >= 11 is 0. The fourth-order valence-electron chi connectivity index (χ4n) is 0.624. The van der Waals surface area contributed by atoms with Gasteiger partial charge in [-0.25, -0.2) is 4.99 Å². The summed E-state index contributed by atoms with van der Waals surface area (Å²) in [5.41, 5.74) is 10.3. The summed E-state index contributed by atoms with van der Waals surface area (Å²) in [6.07, 6.45) is -0.380. The van der Waals surface area contributed by atoms with E-state index in [-0.39, 0.29) is 24.6 Å². The number of ether oxygens (including phenoxy) is 2. The van der Waals surface area contributed by atoms with Crippen molar-refractivity contribution in [2.45, 2.75) is 13.2 Å². The van der Waals surface area contributed by atoms with Crippen LogP contribution < -0.4 is 11.5 Å². The molecule has 0 aliphatic rings. The van der Waals surface area contributed by atoms with Crippen LogP contribution in [0, 0.1) is 0 Å². The maximum Gasteiger partial charge on any atom is 0.188 e. The van der Waals surface area contributed by atoms with Gasteiger partial charge in [0.05, 0.1) is 6.61 Å². The van der Waals surface area contributed by atoms with Crippen LogP contribution in [0.3, 0.4) is 0 Å². The second-order valence-corrected chi connectivity index (χ2v) is 1.92. The molecular formula is C6H16ClN3O2. The second kappa shape index (κ2) is 8.58. The molecule has 0 aromatic heterocycles. The smallest absolute Gasteiger partial charge is 0.188 e. The van der Waals surface area contributed by atoms with Crippen LogP contribution in [-0.4, -0.2) is 32.5 Å². The first-order chi connectivity index (χ1) is 5.20. The average molecular weight is 198 g/mol. The van der Waals surface area contributed by atoms with Gasteiger partial charge < -0.3 is 20.9 Å². The van der Waals surface area contributed by atoms with Crippen molar-refractivity contribution in [3.8, 4) is 0 Å². The Bertz CT molecular complexity index is 122. The third kappa shape index (κ3) is 7.59. The van der Waals surface area contributed by atoms with E-state index < -0.39 is 0 Å². The van der Waals surface area contributed by atoms with E-state index in [1.807, 2.05) is 6.92 Å². The predicted octanol–water partition coefficient (Wildman–Crippen LogP) is -0.309. The highest BCUT2D eigenvalue weighted by Gasteiger charge is 2.04. The van der Waals surface area contributed by atoms with Crippen LogP contribution in [0.1, 0.15) is 6.92 Å². The van der Waals surface area contributed by atoms with Crippen LogP contribution in [0.25, 0.3) is 0 Å². The molecule has 5 nitrogen and oxygen atoms in total. The molecule has 1 atom stereocenters. The van der Waals surface area contributed by atoms with Crippen LogP contribution in [0.5, 0.6) is 0 Å². The van der Waals surface area contributed by atoms with Crippen LogP contribution in [0.2, 0.25) is 0 Å². The van der Waals surface area contributed by atoms with E-state index in [1.165, 1.54) is 0 Å². The Labute approximate surface area is 78.5 Å². The van der Waals surface area contributed by atoms with Crippen molar-refractivity contribution in [3.05, 3.63) is 0 Å².